The van der Waals surface area contributed by atoms with E-state index in [1.54, 1.807) is 12.1 Å². The van der Waals surface area contributed by atoms with Crippen LogP contribution in [0.2, 0.25) is 0 Å². The quantitative estimate of drug-likeness (QED) is 0.628. The predicted octanol–water partition coefficient (Wildman–Crippen LogP) is 4.88. The summed E-state index contributed by atoms with van der Waals surface area (Å²) in [5, 5.41) is 12.0. The lowest BCUT2D eigenvalue weighted by atomic mass is 9.98. The molecule has 0 radical (unpaired) electrons. The van der Waals surface area contributed by atoms with Gasteiger partial charge in [-0.1, -0.05) is 31.0 Å². The molecule has 32 heavy (non-hydrogen) atoms. The standard InChI is InChI=1S/C26H30N4O2/c1-16-8-7-10-19-12-20(31)13-21(24(16)19)26(32)29-14-22-23(15-29)27-18(3)28-25(22)30-11-6-4-5-9-17(30)2/h7-8,10,12-13,17,31H,4-6,9,11,14-15H2,1-3H3. The van der Waals surface area contributed by atoms with E-state index in [4.69, 9.17) is 9.97 Å². The Hall–Kier alpha value is -3.15. The van der Waals surface area contributed by atoms with Crippen molar-refractivity contribution < 1.29 is 9.90 Å². The van der Waals surface area contributed by atoms with Crippen LogP contribution in [0.1, 0.15) is 65.6 Å². The molecule has 1 N–H and O–H groups in total. The Morgan fingerprint density at radius 2 is 1.94 bits per heavy atom. The van der Waals surface area contributed by atoms with Gasteiger partial charge in [-0.05, 0) is 62.1 Å². The van der Waals surface area contributed by atoms with Gasteiger partial charge in [-0.3, -0.25) is 4.79 Å². The Morgan fingerprint density at radius 3 is 2.78 bits per heavy atom. The van der Waals surface area contributed by atoms with Crippen molar-refractivity contribution in [3.63, 3.8) is 0 Å². The van der Waals surface area contributed by atoms with E-state index in [0.717, 1.165) is 52.2 Å². The second-order valence-corrected chi connectivity index (χ2v) is 9.24. The van der Waals surface area contributed by atoms with Crippen LogP contribution in [-0.2, 0) is 13.1 Å². The van der Waals surface area contributed by atoms with Crippen LogP contribution in [0, 0.1) is 13.8 Å². The zero-order valence-electron chi connectivity index (χ0n) is 19.1. The highest BCUT2D eigenvalue weighted by atomic mass is 16.3. The number of nitrogens with zero attached hydrogens (tertiary/aromatic N) is 4. The number of carbonyl (C=O) groups excluding carboxylic acids is 1. The zero-order valence-corrected chi connectivity index (χ0v) is 19.1. The van der Waals surface area contributed by atoms with Crippen molar-refractivity contribution in [1.82, 2.24) is 14.9 Å². The monoisotopic (exact) mass is 430 g/mol. The number of anilines is 1. The fourth-order valence-electron chi connectivity index (χ4n) is 5.27. The summed E-state index contributed by atoms with van der Waals surface area (Å²) in [6.45, 7) is 8.17. The lowest BCUT2D eigenvalue weighted by molar-refractivity contribution is 0.0752. The van der Waals surface area contributed by atoms with Crippen molar-refractivity contribution in [3.8, 4) is 5.75 Å². The molecule has 0 spiro atoms. The van der Waals surface area contributed by atoms with Crippen LogP contribution >= 0.6 is 0 Å². The summed E-state index contributed by atoms with van der Waals surface area (Å²) in [5.41, 5.74) is 3.58. The van der Waals surface area contributed by atoms with Gasteiger partial charge < -0.3 is 14.9 Å². The number of aromatic hydroxyl groups is 1. The van der Waals surface area contributed by atoms with E-state index in [1.165, 1.54) is 19.3 Å². The van der Waals surface area contributed by atoms with E-state index in [1.807, 2.05) is 36.9 Å². The van der Waals surface area contributed by atoms with Crippen LogP contribution < -0.4 is 4.90 Å². The normalized spacial score (nSPS) is 18.7. The molecule has 1 saturated heterocycles. The Bertz CT molecular complexity index is 1210. The number of benzene rings is 2. The van der Waals surface area contributed by atoms with Crippen LogP contribution in [0.3, 0.4) is 0 Å². The molecule has 5 rings (SSSR count). The maximum absolute atomic E-state index is 13.7. The smallest absolute Gasteiger partial charge is 0.255 e. The fourth-order valence-corrected chi connectivity index (χ4v) is 5.27. The molecule has 1 unspecified atom stereocenters. The maximum Gasteiger partial charge on any atom is 0.255 e. The highest BCUT2D eigenvalue weighted by Gasteiger charge is 2.32. The lowest BCUT2D eigenvalue weighted by Crippen LogP contribution is -2.34. The van der Waals surface area contributed by atoms with Crippen molar-refractivity contribution in [2.24, 2.45) is 0 Å². The van der Waals surface area contributed by atoms with E-state index in [2.05, 4.69) is 11.8 Å². The van der Waals surface area contributed by atoms with Gasteiger partial charge in [-0.25, -0.2) is 9.97 Å². The molecule has 0 saturated carbocycles. The molecule has 3 heterocycles. The Labute approximate surface area is 188 Å². The van der Waals surface area contributed by atoms with E-state index >= 15 is 0 Å². The highest BCUT2D eigenvalue weighted by Crippen LogP contribution is 2.35. The number of amides is 1. The van der Waals surface area contributed by atoms with E-state index in [-0.39, 0.29) is 11.7 Å². The molecule has 2 aliphatic rings. The molecular weight excluding hydrogens is 400 g/mol. The third kappa shape index (κ3) is 3.57. The number of phenolic OH excluding ortho intramolecular Hbond substituents is 1. The van der Waals surface area contributed by atoms with Gasteiger partial charge in [0.05, 0.1) is 24.3 Å². The molecule has 3 aromatic rings. The summed E-state index contributed by atoms with van der Waals surface area (Å²) in [7, 11) is 0. The van der Waals surface area contributed by atoms with Crippen molar-refractivity contribution in [3.05, 3.63) is 58.5 Å². The summed E-state index contributed by atoms with van der Waals surface area (Å²) in [6.07, 6.45) is 4.83. The minimum Gasteiger partial charge on any atom is -0.508 e. The number of rotatable bonds is 2. The summed E-state index contributed by atoms with van der Waals surface area (Å²) in [5.74, 6) is 1.78. The minimum absolute atomic E-state index is 0.0780. The molecule has 1 amide bonds. The van der Waals surface area contributed by atoms with Gasteiger partial charge in [0, 0.05) is 18.2 Å². The van der Waals surface area contributed by atoms with Gasteiger partial charge in [-0.2, -0.15) is 0 Å². The van der Waals surface area contributed by atoms with Crippen molar-refractivity contribution in [2.45, 2.75) is 65.6 Å². The van der Waals surface area contributed by atoms with Crippen LogP contribution in [0.4, 0.5) is 5.82 Å². The average molecular weight is 431 g/mol. The van der Waals surface area contributed by atoms with E-state index in [9.17, 15) is 9.90 Å². The number of carbonyl (C=O) groups is 1. The number of aromatic nitrogens is 2. The third-order valence-corrected chi connectivity index (χ3v) is 6.88. The summed E-state index contributed by atoms with van der Waals surface area (Å²) < 4.78 is 0. The van der Waals surface area contributed by atoms with Crippen molar-refractivity contribution in [2.75, 3.05) is 11.4 Å². The van der Waals surface area contributed by atoms with Crippen LogP contribution in [0.5, 0.6) is 5.75 Å². The largest absolute Gasteiger partial charge is 0.508 e. The molecule has 0 aliphatic carbocycles. The molecular formula is C26H30N4O2. The molecule has 6 nitrogen and oxygen atoms in total. The Morgan fingerprint density at radius 1 is 1.09 bits per heavy atom. The highest BCUT2D eigenvalue weighted by molar-refractivity contribution is 6.09. The first kappa shape index (κ1) is 20.7. The first-order valence-corrected chi connectivity index (χ1v) is 11.6. The number of hydrogen-bond acceptors (Lipinski definition) is 5. The van der Waals surface area contributed by atoms with Gasteiger partial charge >= 0.3 is 0 Å². The molecule has 2 aromatic carbocycles. The molecule has 1 aromatic heterocycles. The van der Waals surface area contributed by atoms with Crippen LogP contribution in [0.25, 0.3) is 10.8 Å². The topological polar surface area (TPSA) is 69.6 Å². The van der Waals surface area contributed by atoms with Crippen molar-refractivity contribution in [1.29, 1.82) is 0 Å². The molecule has 0 bridgehead atoms. The van der Waals surface area contributed by atoms with Gasteiger partial charge in [-0.15, -0.1) is 0 Å². The fraction of sp³-hybridized carbons (Fsp3) is 0.423. The first-order valence-electron chi connectivity index (χ1n) is 11.6. The predicted molar refractivity (Wildman–Crippen MR) is 126 cm³/mol. The second-order valence-electron chi connectivity index (χ2n) is 9.24. The van der Waals surface area contributed by atoms with Crippen LogP contribution in [-0.4, -0.2) is 38.5 Å². The van der Waals surface area contributed by atoms with Gasteiger partial charge in [0.15, 0.2) is 0 Å². The number of hydrogen-bond donors (Lipinski definition) is 1. The molecule has 1 fully saturated rings. The number of aryl methyl sites for hydroxylation is 2. The van der Waals surface area contributed by atoms with E-state index in [0.29, 0.717) is 24.7 Å². The first-order chi connectivity index (χ1) is 15.4. The lowest BCUT2D eigenvalue weighted by Gasteiger charge is -2.30. The van der Waals surface area contributed by atoms with Gasteiger partial charge in [0.2, 0.25) is 0 Å². The molecule has 1 atom stereocenters. The summed E-state index contributed by atoms with van der Waals surface area (Å²) >= 11 is 0. The van der Waals surface area contributed by atoms with Gasteiger partial charge in [0.25, 0.3) is 5.91 Å². The summed E-state index contributed by atoms with van der Waals surface area (Å²) in [6, 6.07) is 9.62. The SMILES string of the molecule is Cc1nc2c(c(N3CCCCCC3C)n1)CN(C(=O)c1cc(O)cc3cccc(C)c13)C2. The maximum atomic E-state index is 13.7. The third-order valence-electron chi connectivity index (χ3n) is 6.88. The average Bonchev–Trinajstić information content (AvgIpc) is 3.06. The zero-order chi connectivity index (χ0) is 22.4. The van der Waals surface area contributed by atoms with E-state index < -0.39 is 0 Å². The second kappa shape index (κ2) is 8.08. The van der Waals surface area contributed by atoms with Crippen LogP contribution in [0.15, 0.2) is 30.3 Å². The molecule has 2 aliphatic heterocycles. The molecule has 166 valence electrons. The summed E-state index contributed by atoms with van der Waals surface area (Å²) in [4.78, 5) is 27.5. The Kier molecular flexibility index (Phi) is 5.24. The Balaban J connectivity index is 1.52. The minimum atomic E-state index is -0.0780. The molecule has 6 heteroatoms. The number of phenols is 1. The van der Waals surface area contributed by atoms with Gasteiger partial charge in [0.1, 0.15) is 17.4 Å². The van der Waals surface area contributed by atoms with Crippen molar-refractivity contribution >= 4 is 22.5 Å². The number of fused-ring (bicyclic) bond motifs is 2.